The number of hydrogen-bond donors (Lipinski definition) is 2. The maximum Gasteiger partial charge on any atom is 0.252 e. The van der Waals surface area contributed by atoms with E-state index in [9.17, 15) is 14.4 Å². The van der Waals surface area contributed by atoms with Crippen LogP contribution >= 0.6 is 23.4 Å². The highest BCUT2D eigenvalue weighted by Crippen LogP contribution is 2.29. The monoisotopic (exact) mass is 363 g/mol. The summed E-state index contributed by atoms with van der Waals surface area (Å²) in [4.78, 5) is 39.6. The van der Waals surface area contributed by atoms with Crippen molar-refractivity contribution >= 4 is 40.3 Å². The van der Waals surface area contributed by atoms with Crippen LogP contribution in [0.4, 0.5) is 0 Å². The van der Waals surface area contributed by atoms with Crippen molar-refractivity contribution < 1.29 is 14.4 Å². The molecular weight excluding hydrogens is 350 g/mol. The first-order chi connectivity index (χ1) is 11.5. The van der Waals surface area contributed by atoms with Crippen LogP contribution < -0.4 is 11.1 Å². The Balaban J connectivity index is 2.17. The van der Waals surface area contributed by atoms with E-state index in [4.69, 9.17) is 17.3 Å². The number of benzene rings is 1. The third kappa shape index (κ3) is 5.07. The van der Waals surface area contributed by atoms with Gasteiger partial charge in [-0.2, -0.15) is 0 Å². The van der Waals surface area contributed by atoms with E-state index in [1.165, 1.54) is 12.3 Å². The summed E-state index contributed by atoms with van der Waals surface area (Å²) in [5.74, 6) is -0.915. The van der Waals surface area contributed by atoms with Crippen molar-refractivity contribution in [1.29, 1.82) is 0 Å². The Morgan fingerprint density at radius 2 is 2.04 bits per heavy atom. The molecule has 2 aromatic rings. The summed E-state index contributed by atoms with van der Waals surface area (Å²) in [6.07, 6.45) is 3.06. The Morgan fingerprint density at radius 1 is 1.25 bits per heavy atom. The zero-order valence-corrected chi connectivity index (χ0v) is 14.1. The van der Waals surface area contributed by atoms with E-state index in [0.29, 0.717) is 21.0 Å². The summed E-state index contributed by atoms with van der Waals surface area (Å²) in [6.45, 7) is 0.122. The summed E-state index contributed by atoms with van der Waals surface area (Å²) in [5.41, 5.74) is 5.75. The van der Waals surface area contributed by atoms with Gasteiger partial charge in [-0.15, -0.1) is 0 Å². The second-order valence-electron chi connectivity index (χ2n) is 4.74. The molecule has 0 atom stereocenters. The highest BCUT2D eigenvalue weighted by Gasteiger charge is 2.16. The largest absolute Gasteiger partial charge is 0.370 e. The molecule has 0 aliphatic rings. The quantitative estimate of drug-likeness (QED) is 0.766. The molecule has 0 saturated heterocycles. The molecule has 0 aliphatic heterocycles. The van der Waals surface area contributed by atoms with E-state index in [2.05, 4.69) is 10.3 Å². The van der Waals surface area contributed by atoms with Gasteiger partial charge in [-0.3, -0.25) is 19.4 Å². The molecule has 0 saturated carbocycles. The van der Waals surface area contributed by atoms with Gasteiger partial charge >= 0.3 is 0 Å². The number of hydrogen-bond acceptors (Lipinski definition) is 5. The van der Waals surface area contributed by atoms with Crippen LogP contribution in [0.25, 0.3) is 0 Å². The number of nitrogens with two attached hydrogens (primary N) is 1. The van der Waals surface area contributed by atoms with E-state index in [0.717, 1.165) is 11.8 Å². The highest BCUT2D eigenvalue weighted by molar-refractivity contribution is 8.14. The number of thioether (sulfide) groups is 1. The van der Waals surface area contributed by atoms with Crippen LogP contribution in [0.1, 0.15) is 27.1 Å². The molecule has 2 rings (SSSR count). The van der Waals surface area contributed by atoms with Gasteiger partial charge in [0.2, 0.25) is 11.0 Å². The van der Waals surface area contributed by atoms with Crippen molar-refractivity contribution in [1.82, 2.24) is 10.3 Å². The van der Waals surface area contributed by atoms with Gasteiger partial charge in [0.1, 0.15) is 0 Å². The minimum Gasteiger partial charge on any atom is -0.370 e. The first-order valence-electron chi connectivity index (χ1n) is 6.95. The van der Waals surface area contributed by atoms with E-state index in [1.807, 2.05) is 0 Å². The van der Waals surface area contributed by atoms with Crippen LogP contribution in [0.5, 0.6) is 0 Å². The summed E-state index contributed by atoms with van der Waals surface area (Å²) >= 11 is 6.86. The lowest BCUT2D eigenvalue weighted by Gasteiger charge is -2.09. The van der Waals surface area contributed by atoms with Crippen LogP contribution in [0, 0.1) is 0 Å². The van der Waals surface area contributed by atoms with Gasteiger partial charge in [0.15, 0.2) is 0 Å². The zero-order chi connectivity index (χ0) is 17.5. The number of aromatic nitrogens is 1. The topological polar surface area (TPSA) is 102 Å². The second kappa shape index (κ2) is 8.47. The number of halogens is 1. The number of primary amides is 1. The highest BCUT2D eigenvalue weighted by atomic mass is 35.5. The number of carbonyl (C=O) groups is 3. The van der Waals surface area contributed by atoms with Crippen LogP contribution in [-0.2, 0) is 4.79 Å². The molecule has 6 nitrogen and oxygen atoms in total. The number of nitrogens with one attached hydrogen (secondary N) is 1. The summed E-state index contributed by atoms with van der Waals surface area (Å²) < 4.78 is 0. The van der Waals surface area contributed by atoms with Crippen molar-refractivity contribution in [2.75, 3.05) is 6.54 Å². The number of nitrogens with zero attached hydrogens (tertiary/aromatic N) is 1. The van der Waals surface area contributed by atoms with E-state index in [1.54, 1.807) is 30.5 Å². The summed E-state index contributed by atoms with van der Waals surface area (Å²) in [7, 11) is 0. The number of carbonyl (C=O) groups excluding carboxylic acids is 3. The van der Waals surface area contributed by atoms with Gasteiger partial charge in [0.25, 0.3) is 5.91 Å². The number of rotatable bonds is 6. The molecule has 124 valence electrons. The maximum absolute atomic E-state index is 12.3. The molecule has 1 aromatic heterocycles. The van der Waals surface area contributed by atoms with Crippen molar-refractivity contribution in [3.8, 4) is 0 Å². The molecule has 24 heavy (non-hydrogen) atoms. The normalized spacial score (nSPS) is 10.2. The van der Waals surface area contributed by atoms with Crippen molar-refractivity contribution in [2.45, 2.75) is 11.3 Å². The van der Waals surface area contributed by atoms with Crippen molar-refractivity contribution in [3.05, 3.63) is 58.9 Å². The Hall–Kier alpha value is -2.38. The van der Waals surface area contributed by atoms with Crippen molar-refractivity contribution in [3.63, 3.8) is 0 Å². The summed E-state index contributed by atoms with van der Waals surface area (Å²) in [5, 5.41) is 2.74. The van der Waals surface area contributed by atoms with Gasteiger partial charge in [0.05, 0.1) is 5.56 Å². The zero-order valence-electron chi connectivity index (χ0n) is 12.5. The summed E-state index contributed by atoms with van der Waals surface area (Å²) in [6, 6.07) is 7.93. The first kappa shape index (κ1) is 18.0. The van der Waals surface area contributed by atoms with Crippen LogP contribution in [0.2, 0.25) is 5.02 Å². The molecule has 3 N–H and O–H groups in total. The van der Waals surface area contributed by atoms with Crippen LogP contribution in [0.15, 0.2) is 47.6 Å². The smallest absolute Gasteiger partial charge is 0.252 e. The minimum atomic E-state index is -0.507. The third-order valence-electron chi connectivity index (χ3n) is 2.95. The Kier molecular flexibility index (Phi) is 6.34. The third-order valence-corrected chi connectivity index (χ3v) is 4.16. The number of pyridine rings is 1. The van der Waals surface area contributed by atoms with E-state index in [-0.39, 0.29) is 18.1 Å². The van der Waals surface area contributed by atoms with Gasteiger partial charge in [-0.1, -0.05) is 11.6 Å². The molecule has 1 aromatic carbocycles. The first-order valence-corrected chi connectivity index (χ1v) is 8.15. The van der Waals surface area contributed by atoms with E-state index < -0.39 is 11.8 Å². The maximum atomic E-state index is 12.3. The Bertz CT molecular complexity index is 768. The standard InChI is InChI=1S/C16H14ClN3O3S/c17-11-3-4-12(15(22)20-7-5-14(18)21)13(8-11)24-16(23)10-2-1-6-19-9-10/h1-4,6,8-9H,5,7H2,(H2,18,21)(H,20,22). The van der Waals surface area contributed by atoms with Gasteiger partial charge in [0, 0.05) is 40.8 Å². The number of amides is 2. The molecule has 0 fully saturated rings. The molecule has 8 heteroatoms. The Morgan fingerprint density at radius 3 is 2.71 bits per heavy atom. The Labute approximate surface area is 147 Å². The molecular formula is C16H14ClN3O3S. The molecule has 0 unspecified atom stereocenters. The SMILES string of the molecule is NC(=O)CCNC(=O)c1ccc(Cl)cc1SC(=O)c1cccnc1. The fourth-order valence-electron chi connectivity index (χ4n) is 1.80. The van der Waals surface area contributed by atoms with Crippen molar-refractivity contribution in [2.24, 2.45) is 5.73 Å². The van der Waals surface area contributed by atoms with Gasteiger partial charge < -0.3 is 11.1 Å². The average Bonchev–Trinajstić information content (AvgIpc) is 2.55. The van der Waals surface area contributed by atoms with Gasteiger partial charge in [-0.05, 0) is 42.1 Å². The van der Waals surface area contributed by atoms with Crippen LogP contribution in [-0.4, -0.2) is 28.5 Å². The van der Waals surface area contributed by atoms with E-state index >= 15 is 0 Å². The second-order valence-corrected chi connectivity index (χ2v) is 6.20. The lowest BCUT2D eigenvalue weighted by Crippen LogP contribution is -2.28. The van der Waals surface area contributed by atoms with Crippen LogP contribution in [0.3, 0.4) is 0 Å². The fourth-order valence-corrected chi connectivity index (χ4v) is 2.94. The fraction of sp³-hybridized carbons (Fsp3) is 0.125. The molecule has 1 heterocycles. The predicted octanol–water partition coefficient (Wildman–Crippen LogP) is 2.27. The molecule has 0 radical (unpaired) electrons. The molecule has 0 bridgehead atoms. The minimum absolute atomic E-state index is 0.0381. The predicted molar refractivity (Wildman–Crippen MR) is 92.0 cm³/mol. The average molecular weight is 364 g/mol. The lowest BCUT2D eigenvalue weighted by molar-refractivity contribution is -0.117. The molecule has 0 aliphatic carbocycles. The van der Waals surface area contributed by atoms with Gasteiger partial charge in [-0.25, -0.2) is 0 Å². The lowest BCUT2D eigenvalue weighted by atomic mass is 10.2. The molecule has 2 amide bonds. The molecule has 0 spiro atoms.